The first-order valence-corrected chi connectivity index (χ1v) is 4.77. The highest BCUT2D eigenvalue weighted by Crippen LogP contribution is 1.99. The zero-order chi connectivity index (χ0) is 14.3. The maximum absolute atomic E-state index is 10.8. The lowest BCUT2D eigenvalue weighted by atomic mass is 10.1. The summed E-state index contributed by atoms with van der Waals surface area (Å²) in [5, 5.41) is 6.85. The maximum atomic E-state index is 10.8. The van der Waals surface area contributed by atoms with Crippen molar-refractivity contribution in [1.82, 2.24) is 0 Å². The molecular formula is C8H14N6O4. The fourth-order valence-electron chi connectivity index (χ4n) is 0.919. The van der Waals surface area contributed by atoms with Gasteiger partial charge in [0.15, 0.2) is 0 Å². The highest BCUT2D eigenvalue weighted by Gasteiger charge is 2.23. The van der Waals surface area contributed by atoms with Crippen molar-refractivity contribution in [2.45, 2.75) is 0 Å². The Labute approximate surface area is 102 Å². The van der Waals surface area contributed by atoms with E-state index in [0.717, 1.165) is 0 Å². The third-order valence-corrected chi connectivity index (χ3v) is 2.00. The number of amides is 4. The molecule has 0 bridgehead atoms. The number of hydrogen-bond acceptors (Lipinski definition) is 6. The normalized spacial score (nSPS) is 11.0. The van der Waals surface area contributed by atoms with Gasteiger partial charge in [0.1, 0.15) is 11.8 Å². The molecule has 18 heavy (non-hydrogen) atoms. The summed E-state index contributed by atoms with van der Waals surface area (Å²) in [6.45, 7) is -0.732. The van der Waals surface area contributed by atoms with Gasteiger partial charge in [-0.2, -0.15) is 10.2 Å². The first kappa shape index (κ1) is 15.5. The second-order valence-electron chi connectivity index (χ2n) is 3.36. The predicted octanol–water partition coefficient (Wildman–Crippen LogP) is -3.39. The van der Waals surface area contributed by atoms with E-state index in [1.807, 2.05) is 0 Å². The van der Waals surface area contributed by atoms with E-state index in [-0.39, 0.29) is 13.1 Å². The summed E-state index contributed by atoms with van der Waals surface area (Å²) in [4.78, 5) is 43.0. The molecule has 0 atom stereocenters. The van der Waals surface area contributed by atoms with Crippen LogP contribution in [0.1, 0.15) is 0 Å². The molecule has 0 aromatic heterocycles. The quantitative estimate of drug-likeness (QED) is 0.260. The number of nitrogens with zero attached hydrogens (tertiary/aromatic N) is 2. The summed E-state index contributed by atoms with van der Waals surface area (Å²) >= 11 is 0. The van der Waals surface area contributed by atoms with Gasteiger partial charge in [0.05, 0.1) is 13.1 Å². The Morgan fingerprint density at radius 3 is 1.06 bits per heavy atom. The van der Waals surface area contributed by atoms with E-state index in [4.69, 9.17) is 22.9 Å². The number of primary amides is 4. The molecule has 0 spiro atoms. The van der Waals surface area contributed by atoms with E-state index < -0.39 is 35.5 Å². The lowest BCUT2D eigenvalue weighted by Crippen LogP contribution is -2.37. The molecule has 4 amide bonds. The van der Waals surface area contributed by atoms with E-state index in [1.54, 1.807) is 0 Å². The van der Waals surface area contributed by atoms with Crippen molar-refractivity contribution < 1.29 is 19.2 Å². The summed E-state index contributed by atoms with van der Waals surface area (Å²) in [5.74, 6) is -6.36. The third kappa shape index (κ3) is 5.01. The summed E-state index contributed by atoms with van der Waals surface area (Å²) in [5.41, 5.74) is 19.5. The zero-order valence-corrected chi connectivity index (χ0v) is 9.41. The fourth-order valence-corrected chi connectivity index (χ4v) is 0.919. The molecule has 0 aromatic carbocycles. The van der Waals surface area contributed by atoms with E-state index in [0.29, 0.717) is 0 Å². The van der Waals surface area contributed by atoms with E-state index >= 15 is 0 Å². The van der Waals surface area contributed by atoms with Crippen molar-refractivity contribution in [3.63, 3.8) is 0 Å². The number of nitrogens with two attached hydrogens (primary N) is 4. The average molecular weight is 258 g/mol. The lowest BCUT2D eigenvalue weighted by molar-refractivity contribution is -0.133. The number of carbonyl (C=O) groups excluding carboxylic acids is 4. The molecule has 10 heteroatoms. The van der Waals surface area contributed by atoms with Crippen LogP contribution in [0.5, 0.6) is 0 Å². The van der Waals surface area contributed by atoms with Crippen LogP contribution >= 0.6 is 0 Å². The summed E-state index contributed by atoms with van der Waals surface area (Å²) < 4.78 is 0. The van der Waals surface area contributed by atoms with Gasteiger partial charge >= 0.3 is 0 Å². The van der Waals surface area contributed by atoms with Gasteiger partial charge in [-0.3, -0.25) is 19.2 Å². The number of rotatable bonds is 8. The van der Waals surface area contributed by atoms with Crippen LogP contribution in [0.15, 0.2) is 10.2 Å². The molecule has 0 aliphatic heterocycles. The molecule has 0 aromatic rings. The second kappa shape index (κ2) is 6.93. The van der Waals surface area contributed by atoms with Gasteiger partial charge in [-0.1, -0.05) is 0 Å². The molecule has 0 aliphatic carbocycles. The third-order valence-electron chi connectivity index (χ3n) is 2.00. The molecule has 0 radical (unpaired) electrons. The molecule has 0 fully saturated rings. The van der Waals surface area contributed by atoms with Crippen LogP contribution in [0, 0.1) is 11.8 Å². The molecule has 0 unspecified atom stereocenters. The molecule has 100 valence electrons. The topological polar surface area (TPSA) is 197 Å². The van der Waals surface area contributed by atoms with Gasteiger partial charge < -0.3 is 22.9 Å². The largest absolute Gasteiger partial charge is 0.369 e. The standard InChI is InChI=1S/C8H14N6O4/c9-5(15)3(6(10)16)1-13-14-2-4(7(11)17)8(12)18/h3-4H,1-2H2,(H2,9,15)(H2,10,16)(H2,11,17)(H2,12,18). The van der Waals surface area contributed by atoms with Crippen LogP contribution < -0.4 is 22.9 Å². The number of azo groups is 1. The Balaban J connectivity index is 4.41. The average Bonchev–Trinajstić information content (AvgIpc) is 2.20. The Morgan fingerprint density at radius 1 is 0.667 bits per heavy atom. The molecule has 0 saturated heterocycles. The van der Waals surface area contributed by atoms with Crippen molar-refractivity contribution >= 4 is 23.6 Å². The highest BCUT2D eigenvalue weighted by atomic mass is 16.2. The van der Waals surface area contributed by atoms with E-state index in [1.165, 1.54) is 0 Å². The van der Waals surface area contributed by atoms with Crippen molar-refractivity contribution in [3.05, 3.63) is 0 Å². The molecule has 0 aliphatic rings. The molecule has 0 saturated carbocycles. The minimum atomic E-state index is -1.30. The highest BCUT2D eigenvalue weighted by molar-refractivity contribution is 5.99. The minimum Gasteiger partial charge on any atom is -0.369 e. The van der Waals surface area contributed by atoms with Crippen molar-refractivity contribution in [3.8, 4) is 0 Å². The molecule has 0 heterocycles. The summed E-state index contributed by atoms with van der Waals surface area (Å²) in [7, 11) is 0. The van der Waals surface area contributed by atoms with Crippen molar-refractivity contribution in [2.24, 2.45) is 45.0 Å². The molecular weight excluding hydrogens is 244 g/mol. The van der Waals surface area contributed by atoms with Crippen LogP contribution in [0.25, 0.3) is 0 Å². The predicted molar refractivity (Wildman–Crippen MR) is 58.3 cm³/mol. The molecule has 0 rings (SSSR count). The van der Waals surface area contributed by atoms with Crippen LogP contribution in [-0.2, 0) is 19.2 Å². The van der Waals surface area contributed by atoms with Gasteiger partial charge in [-0.15, -0.1) is 0 Å². The SMILES string of the molecule is NC(=O)C(CN=NCC(C(N)=O)C(N)=O)C(N)=O. The summed E-state index contributed by atoms with van der Waals surface area (Å²) in [6, 6.07) is 0. The van der Waals surface area contributed by atoms with E-state index in [9.17, 15) is 19.2 Å². The first-order chi connectivity index (χ1) is 8.27. The number of hydrogen-bond donors (Lipinski definition) is 4. The van der Waals surface area contributed by atoms with Gasteiger partial charge in [0.25, 0.3) is 0 Å². The van der Waals surface area contributed by atoms with Gasteiger partial charge in [0.2, 0.25) is 23.6 Å². The Morgan fingerprint density at radius 2 is 0.889 bits per heavy atom. The van der Waals surface area contributed by atoms with Crippen LogP contribution in [-0.4, -0.2) is 36.7 Å². The smallest absolute Gasteiger partial charge is 0.231 e. The van der Waals surface area contributed by atoms with Crippen molar-refractivity contribution in [1.29, 1.82) is 0 Å². The minimum absolute atomic E-state index is 0.366. The zero-order valence-electron chi connectivity index (χ0n) is 9.41. The van der Waals surface area contributed by atoms with Crippen molar-refractivity contribution in [2.75, 3.05) is 13.1 Å². The van der Waals surface area contributed by atoms with Gasteiger partial charge in [-0.25, -0.2) is 0 Å². The Hall–Kier alpha value is -2.52. The number of carbonyl (C=O) groups is 4. The van der Waals surface area contributed by atoms with Crippen LogP contribution in [0.2, 0.25) is 0 Å². The second-order valence-corrected chi connectivity index (χ2v) is 3.36. The van der Waals surface area contributed by atoms with Crippen LogP contribution in [0.3, 0.4) is 0 Å². The monoisotopic (exact) mass is 258 g/mol. The Bertz CT molecular complexity index is 329. The molecule has 10 nitrogen and oxygen atoms in total. The van der Waals surface area contributed by atoms with Gasteiger partial charge in [0, 0.05) is 0 Å². The van der Waals surface area contributed by atoms with Gasteiger partial charge in [-0.05, 0) is 0 Å². The maximum Gasteiger partial charge on any atom is 0.231 e. The molecule has 8 N–H and O–H groups in total. The lowest BCUT2D eigenvalue weighted by Gasteiger charge is -2.06. The van der Waals surface area contributed by atoms with Crippen LogP contribution in [0.4, 0.5) is 0 Å². The first-order valence-electron chi connectivity index (χ1n) is 4.77. The van der Waals surface area contributed by atoms with E-state index in [2.05, 4.69) is 10.2 Å². The Kier molecular flexibility index (Phi) is 5.96. The fraction of sp³-hybridized carbons (Fsp3) is 0.500. The summed E-state index contributed by atoms with van der Waals surface area (Å²) in [6.07, 6.45) is 0.